The lowest BCUT2D eigenvalue weighted by Gasteiger charge is -1.99. The monoisotopic (exact) mass is 271 g/mol. The number of aromatic carboxylic acids is 1. The van der Waals surface area contributed by atoms with Crippen molar-refractivity contribution < 1.29 is 9.90 Å². The first-order valence-corrected chi connectivity index (χ1v) is 6.78. The van der Waals surface area contributed by atoms with Gasteiger partial charge in [0.05, 0.1) is 10.6 Å². The van der Waals surface area contributed by atoms with Crippen molar-refractivity contribution in [3.8, 4) is 0 Å². The predicted molar refractivity (Wildman–Crippen MR) is 77.4 cm³/mol. The van der Waals surface area contributed by atoms with Gasteiger partial charge in [0.2, 0.25) is 0 Å². The molecule has 1 aromatic carbocycles. The van der Waals surface area contributed by atoms with Crippen LogP contribution >= 0.6 is 11.8 Å². The summed E-state index contributed by atoms with van der Waals surface area (Å²) in [6, 6.07) is 13.1. The summed E-state index contributed by atoms with van der Waals surface area (Å²) < 4.78 is 0. The minimum atomic E-state index is -0.927. The lowest BCUT2D eigenvalue weighted by molar-refractivity contribution is 0.0696. The second-order valence-corrected chi connectivity index (χ2v) is 4.85. The molecule has 0 aliphatic carbocycles. The van der Waals surface area contributed by atoms with Gasteiger partial charge in [-0.15, -0.1) is 11.8 Å². The smallest absolute Gasteiger partial charge is 0.335 e. The molecule has 2 aromatic rings. The van der Waals surface area contributed by atoms with Gasteiger partial charge >= 0.3 is 5.97 Å². The molecule has 0 saturated heterocycles. The molecule has 0 radical (unpaired) electrons. The molecule has 3 nitrogen and oxygen atoms in total. The number of carboxylic acid groups (broad SMARTS) is 1. The molecule has 19 heavy (non-hydrogen) atoms. The molecular formula is C15H13NO2S. The molecule has 1 heterocycles. The van der Waals surface area contributed by atoms with Gasteiger partial charge in [-0.2, -0.15) is 0 Å². The fourth-order valence-corrected chi connectivity index (χ4v) is 2.21. The maximum atomic E-state index is 10.8. The minimum Gasteiger partial charge on any atom is -0.478 e. The second-order valence-electron chi connectivity index (χ2n) is 3.81. The number of carbonyl (C=O) groups is 1. The highest BCUT2D eigenvalue weighted by atomic mass is 32.2. The van der Waals surface area contributed by atoms with Crippen LogP contribution in [0.5, 0.6) is 0 Å². The Balaban J connectivity index is 1.91. The molecule has 4 heteroatoms. The number of benzene rings is 1. The zero-order valence-electron chi connectivity index (χ0n) is 10.2. The second kappa shape index (κ2) is 6.75. The SMILES string of the molecule is O=C(O)c1ccnc(SC/C=C/c2ccccc2)c1. The molecule has 0 fully saturated rings. The van der Waals surface area contributed by atoms with Crippen LogP contribution < -0.4 is 0 Å². The van der Waals surface area contributed by atoms with E-state index in [4.69, 9.17) is 5.11 Å². The Morgan fingerprint density at radius 2 is 2.05 bits per heavy atom. The third-order valence-corrected chi connectivity index (χ3v) is 3.30. The summed E-state index contributed by atoms with van der Waals surface area (Å²) in [5.41, 5.74) is 1.42. The Morgan fingerprint density at radius 3 is 2.79 bits per heavy atom. The van der Waals surface area contributed by atoms with Crippen molar-refractivity contribution in [1.29, 1.82) is 0 Å². The number of rotatable bonds is 5. The quantitative estimate of drug-likeness (QED) is 0.844. The van der Waals surface area contributed by atoms with Gasteiger partial charge in [0.1, 0.15) is 0 Å². The summed E-state index contributed by atoms with van der Waals surface area (Å²) in [6.45, 7) is 0. The van der Waals surface area contributed by atoms with E-state index in [1.54, 1.807) is 6.07 Å². The Hall–Kier alpha value is -2.07. The van der Waals surface area contributed by atoms with Crippen molar-refractivity contribution in [2.24, 2.45) is 0 Å². The van der Waals surface area contributed by atoms with Gasteiger partial charge in [0.15, 0.2) is 0 Å². The zero-order valence-corrected chi connectivity index (χ0v) is 11.0. The van der Waals surface area contributed by atoms with Crippen molar-refractivity contribution in [3.63, 3.8) is 0 Å². The number of carboxylic acids is 1. The molecule has 0 unspecified atom stereocenters. The molecule has 2 rings (SSSR count). The maximum absolute atomic E-state index is 10.8. The standard InChI is InChI=1S/C15H13NO2S/c17-15(18)13-8-9-16-14(11-13)19-10-4-7-12-5-2-1-3-6-12/h1-9,11H,10H2,(H,17,18)/b7-4+. The Labute approximate surface area is 116 Å². The third-order valence-electron chi connectivity index (χ3n) is 2.42. The van der Waals surface area contributed by atoms with Crippen LogP contribution in [-0.4, -0.2) is 21.8 Å². The summed E-state index contributed by atoms with van der Waals surface area (Å²) in [5.74, 6) is -0.172. The van der Waals surface area contributed by atoms with Gasteiger partial charge in [-0.3, -0.25) is 0 Å². The van der Waals surface area contributed by atoms with Crippen molar-refractivity contribution in [2.45, 2.75) is 5.03 Å². The van der Waals surface area contributed by atoms with Crippen LogP contribution in [0.15, 0.2) is 59.8 Å². The number of hydrogen-bond acceptors (Lipinski definition) is 3. The Kier molecular flexibility index (Phi) is 4.75. The minimum absolute atomic E-state index is 0.268. The molecule has 1 N–H and O–H groups in total. The zero-order chi connectivity index (χ0) is 13.5. The lowest BCUT2D eigenvalue weighted by Crippen LogP contribution is -1.96. The predicted octanol–water partition coefficient (Wildman–Crippen LogP) is 3.59. The van der Waals surface area contributed by atoms with Crippen molar-refractivity contribution in [1.82, 2.24) is 4.98 Å². The van der Waals surface area contributed by atoms with Gasteiger partial charge < -0.3 is 5.11 Å². The maximum Gasteiger partial charge on any atom is 0.335 e. The molecule has 0 bridgehead atoms. The van der Waals surface area contributed by atoms with E-state index in [9.17, 15) is 4.79 Å². The largest absolute Gasteiger partial charge is 0.478 e. The topological polar surface area (TPSA) is 50.2 Å². The number of hydrogen-bond donors (Lipinski definition) is 1. The van der Waals surface area contributed by atoms with E-state index in [1.165, 1.54) is 24.0 Å². The van der Waals surface area contributed by atoms with Gasteiger partial charge in [-0.25, -0.2) is 9.78 Å². The average Bonchev–Trinajstić information content (AvgIpc) is 2.45. The van der Waals surface area contributed by atoms with Crippen molar-refractivity contribution in [3.05, 3.63) is 65.9 Å². The highest BCUT2D eigenvalue weighted by Gasteiger charge is 2.03. The van der Waals surface area contributed by atoms with Gasteiger partial charge in [0, 0.05) is 11.9 Å². The highest BCUT2D eigenvalue weighted by molar-refractivity contribution is 7.99. The highest BCUT2D eigenvalue weighted by Crippen LogP contribution is 2.17. The van der Waals surface area contributed by atoms with Gasteiger partial charge in [-0.1, -0.05) is 42.5 Å². The van der Waals surface area contributed by atoms with Crippen LogP contribution in [0.2, 0.25) is 0 Å². The van der Waals surface area contributed by atoms with E-state index in [0.717, 1.165) is 16.3 Å². The summed E-state index contributed by atoms with van der Waals surface area (Å²) >= 11 is 1.51. The molecule has 0 aliphatic rings. The van der Waals surface area contributed by atoms with E-state index < -0.39 is 5.97 Å². The molecule has 96 valence electrons. The summed E-state index contributed by atoms with van der Waals surface area (Å²) in [4.78, 5) is 14.9. The summed E-state index contributed by atoms with van der Waals surface area (Å²) in [5, 5.41) is 9.60. The van der Waals surface area contributed by atoms with E-state index >= 15 is 0 Å². The van der Waals surface area contributed by atoms with Crippen LogP contribution in [0.3, 0.4) is 0 Å². The Bertz CT molecular complexity index is 582. The van der Waals surface area contributed by atoms with Crippen LogP contribution in [0.4, 0.5) is 0 Å². The number of pyridine rings is 1. The van der Waals surface area contributed by atoms with Gasteiger partial charge in [-0.05, 0) is 17.7 Å². The van der Waals surface area contributed by atoms with E-state index in [0.29, 0.717) is 0 Å². The van der Waals surface area contributed by atoms with Crippen LogP contribution in [0.25, 0.3) is 6.08 Å². The first-order chi connectivity index (χ1) is 9.25. The number of nitrogens with zero attached hydrogens (tertiary/aromatic N) is 1. The molecule has 0 saturated carbocycles. The van der Waals surface area contributed by atoms with E-state index in [2.05, 4.69) is 4.98 Å². The first-order valence-electron chi connectivity index (χ1n) is 5.79. The Morgan fingerprint density at radius 1 is 1.26 bits per heavy atom. The first kappa shape index (κ1) is 13.4. The molecule has 0 aliphatic heterocycles. The molecule has 0 amide bonds. The van der Waals surface area contributed by atoms with Crippen molar-refractivity contribution in [2.75, 3.05) is 5.75 Å². The number of aromatic nitrogens is 1. The fourth-order valence-electron chi connectivity index (χ4n) is 1.50. The van der Waals surface area contributed by atoms with Gasteiger partial charge in [0.25, 0.3) is 0 Å². The lowest BCUT2D eigenvalue weighted by atomic mass is 10.2. The summed E-state index contributed by atoms with van der Waals surface area (Å²) in [6.07, 6.45) is 5.59. The van der Waals surface area contributed by atoms with Crippen LogP contribution in [-0.2, 0) is 0 Å². The van der Waals surface area contributed by atoms with Crippen LogP contribution in [0.1, 0.15) is 15.9 Å². The molecule has 1 aromatic heterocycles. The average molecular weight is 271 g/mol. The third kappa shape index (κ3) is 4.26. The van der Waals surface area contributed by atoms with E-state index in [1.807, 2.05) is 42.5 Å². The molecule has 0 spiro atoms. The summed E-state index contributed by atoms with van der Waals surface area (Å²) in [7, 11) is 0. The normalized spacial score (nSPS) is 10.7. The molecular weight excluding hydrogens is 258 g/mol. The fraction of sp³-hybridized carbons (Fsp3) is 0.0667. The van der Waals surface area contributed by atoms with E-state index in [-0.39, 0.29) is 5.56 Å². The van der Waals surface area contributed by atoms with Crippen molar-refractivity contribution >= 4 is 23.8 Å². The number of thioether (sulfide) groups is 1. The van der Waals surface area contributed by atoms with Crippen LogP contribution in [0, 0.1) is 0 Å². The molecule has 0 atom stereocenters.